The highest BCUT2D eigenvalue weighted by molar-refractivity contribution is 5.94. The molecule has 2 fully saturated rings. The number of hydrogen-bond acceptors (Lipinski definition) is 2. The van der Waals surface area contributed by atoms with Crippen LogP contribution in [0.2, 0.25) is 0 Å². The molecule has 198 valence electrons. The molecule has 2 saturated carbocycles. The van der Waals surface area contributed by atoms with Crippen molar-refractivity contribution in [2.75, 3.05) is 7.05 Å². The summed E-state index contributed by atoms with van der Waals surface area (Å²) in [6.07, 6.45) is 13.8. The second-order valence-electron chi connectivity index (χ2n) is 11.3. The number of nitrogens with one attached hydrogen (secondary N) is 2. The van der Waals surface area contributed by atoms with Gasteiger partial charge >= 0.3 is 0 Å². The standard InChI is InChI=1S/C31H44F2N2O/c1-6-8-26(27-13-15-28(16-14-27)29(36)34-5)12-11-25(10-7-9-24-20-31(32,33)21-24)23(3)35-30(4)18-17-22(2)19-30/h8,11-16,22,24,35H,6-7,9-10,17-21H2,1-5H3,(H,34,36)/b12-11-,25-23+,26-8-. The predicted molar refractivity (Wildman–Crippen MR) is 146 cm³/mol. The summed E-state index contributed by atoms with van der Waals surface area (Å²) in [5, 5.41) is 6.49. The highest BCUT2D eigenvalue weighted by atomic mass is 19.3. The minimum atomic E-state index is -2.44. The molecule has 2 unspecified atom stereocenters. The fourth-order valence-electron chi connectivity index (χ4n) is 5.80. The van der Waals surface area contributed by atoms with Gasteiger partial charge in [-0.05, 0) is 99.5 Å². The first-order valence-electron chi connectivity index (χ1n) is 13.6. The van der Waals surface area contributed by atoms with Crippen LogP contribution < -0.4 is 10.6 Å². The molecule has 1 amide bonds. The fourth-order valence-corrected chi connectivity index (χ4v) is 5.80. The highest BCUT2D eigenvalue weighted by Gasteiger charge is 2.44. The van der Waals surface area contributed by atoms with E-state index in [1.165, 1.54) is 24.1 Å². The van der Waals surface area contributed by atoms with Gasteiger partial charge in [0.2, 0.25) is 5.92 Å². The van der Waals surface area contributed by atoms with Crippen molar-refractivity contribution in [2.45, 2.75) is 96.9 Å². The average molecular weight is 499 g/mol. The quantitative estimate of drug-likeness (QED) is 0.303. The van der Waals surface area contributed by atoms with Crippen LogP contribution in [-0.2, 0) is 0 Å². The maximum atomic E-state index is 13.3. The van der Waals surface area contributed by atoms with E-state index in [1.54, 1.807) is 7.05 Å². The number of rotatable bonds is 11. The first kappa shape index (κ1) is 28.1. The Morgan fingerprint density at radius 1 is 1.11 bits per heavy atom. The van der Waals surface area contributed by atoms with Gasteiger partial charge in [0, 0.05) is 36.7 Å². The van der Waals surface area contributed by atoms with Crippen LogP contribution in [0, 0.1) is 11.8 Å². The monoisotopic (exact) mass is 498 g/mol. The number of hydrogen-bond donors (Lipinski definition) is 2. The van der Waals surface area contributed by atoms with Crippen LogP contribution in [0.3, 0.4) is 0 Å². The number of benzene rings is 1. The molecule has 5 heteroatoms. The predicted octanol–water partition coefficient (Wildman–Crippen LogP) is 8.05. The number of carbonyl (C=O) groups excluding carboxylic acids is 1. The van der Waals surface area contributed by atoms with Crippen molar-refractivity contribution in [3.05, 3.63) is 64.9 Å². The van der Waals surface area contributed by atoms with Crippen molar-refractivity contribution in [1.82, 2.24) is 10.6 Å². The van der Waals surface area contributed by atoms with Crippen molar-refractivity contribution in [3.63, 3.8) is 0 Å². The number of amides is 1. The van der Waals surface area contributed by atoms with Gasteiger partial charge in [-0.25, -0.2) is 8.78 Å². The molecule has 0 heterocycles. The van der Waals surface area contributed by atoms with E-state index in [4.69, 9.17) is 0 Å². The molecular weight excluding hydrogens is 454 g/mol. The van der Waals surface area contributed by atoms with Crippen LogP contribution in [0.15, 0.2) is 53.8 Å². The van der Waals surface area contributed by atoms with Gasteiger partial charge in [-0.2, -0.15) is 0 Å². The topological polar surface area (TPSA) is 41.1 Å². The van der Waals surface area contributed by atoms with Gasteiger partial charge in [-0.3, -0.25) is 4.79 Å². The summed E-state index contributed by atoms with van der Waals surface area (Å²) in [6, 6.07) is 7.68. The third-order valence-electron chi connectivity index (χ3n) is 7.79. The van der Waals surface area contributed by atoms with Crippen LogP contribution in [0.1, 0.15) is 101 Å². The summed E-state index contributed by atoms with van der Waals surface area (Å²) in [5.41, 5.74) is 5.36. The molecule has 36 heavy (non-hydrogen) atoms. The van der Waals surface area contributed by atoms with Crippen LogP contribution in [0.5, 0.6) is 0 Å². The van der Waals surface area contributed by atoms with Gasteiger partial charge in [0.1, 0.15) is 0 Å². The molecule has 2 atom stereocenters. The molecule has 0 spiro atoms. The van der Waals surface area contributed by atoms with Crippen LogP contribution in [0.25, 0.3) is 5.57 Å². The lowest BCUT2D eigenvalue weighted by Crippen LogP contribution is -2.39. The third kappa shape index (κ3) is 7.78. The largest absolute Gasteiger partial charge is 0.383 e. The van der Waals surface area contributed by atoms with Gasteiger partial charge in [0.05, 0.1) is 0 Å². The average Bonchev–Trinajstić information content (AvgIpc) is 3.16. The Hall–Kier alpha value is -2.43. The summed E-state index contributed by atoms with van der Waals surface area (Å²) >= 11 is 0. The SMILES string of the molecule is CC/C=C(/C=C\C(CCCC1CC(F)(F)C1)=C(/C)NC1(C)CCC(C)C1)c1ccc(C(=O)NC)cc1. The molecule has 2 N–H and O–H groups in total. The molecule has 3 nitrogen and oxygen atoms in total. The van der Waals surface area contributed by atoms with Crippen molar-refractivity contribution >= 4 is 11.5 Å². The van der Waals surface area contributed by atoms with Crippen molar-refractivity contribution in [3.8, 4) is 0 Å². The minimum Gasteiger partial charge on any atom is -0.383 e. The van der Waals surface area contributed by atoms with Crippen molar-refractivity contribution in [2.24, 2.45) is 11.8 Å². The zero-order valence-corrected chi connectivity index (χ0v) is 22.7. The molecule has 1 aromatic rings. The van der Waals surface area contributed by atoms with E-state index in [9.17, 15) is 13.6 Å². The number of alkyl halides is 2. The Bertz CT molecular complexity index is 984. The Labute approximate surface area is 216 Å². The summed E-state index contributed by atoms with van der Waals surface area (Å²) < 4.78 is 26.6. The summed E-state index contributed by atoms with van der Waals surface area (Å²) in [5.74, 6) is -1.65. The summed E-state index contributed by atoms with van der Waals surface area (Å²) in [6.45, 7) is 8.91. The minimum absolute atomic E-state index is 0.0461. The van der Waals surface area contributed by atoms with Gasteiger partial charge in [0.15, 0.2) is 0 Å². The maximum absolute atomic E-state index is 13.3. The first-order chi connectivity index (χ1) is 17.0. The molecular formula is C31H44F2N2O. The zero-order valence-electron chi connectivity index (χ0n) is 22.7. The Morgan fingerprint density at radius 2 is 1.78 bits per heavy atom. The summed E-state index contributed by atoms with van der Waals surface area (Å²) in [4.78, 5) is 11.9. The van der Waals surface area contributed by atoms with Crippen LogP contribution in [0.4, 0.5) is 8.78 Å². The number of allylic oxidation sites excluding steroid dienone is 6. The smallest absolute Gasteiger partial charge is 0.251 e. The second kappa shape index (κ2) is 12.2. The summed E-state index contributed by atoms with van der Waals surface area (Å²) in [7, 11) is 1.63. The zero-order chi connectivity index (χ0) is 26.3. The van der Waals surface area contributed by atoms with Gasteiger partial charge in [-0.1, -0.05) is 44.2 Å². The first-order valence-corrected chi connectivity index (χ1v) is 13.6. The van der Waals surface area contributed by atoms with E-state index < -0.39 is 5.92 Å². The van der Waals surface area contributed by atoms with Gasteiger partial charge < -0.3 is 10.6 Å². The van der Waals surface area contributed by atoms with E-state index >= 15 is 0 Å². The van der Waals surface area contributed by atoms with E-state index in [0.29, 0.717) is 5.56 Å². The highest BCUT2D eigenvalue weighted by Crippen LogP contribution is 2.45. The van der Waals surface area contributed by atoms with Crippen LogP contribution >= 0.6 is 0 Å². The lowest BCUT2D eigenvalue weighted by Gasteiger charge is -2.35. The number of carbonyl (C=O) groups is 1. The van der Waals surface area contributed by atoms with E-state index in [-0.39, 0.29) is 30.2 Å². The van der Waals surface area contributed by atoms with E-state index in [0.717, 1.165) is 49.2 Å². The Kier molecular flexibility index (Phi) is 9.54. The Balaban J connectivity index is 1.77. The molecule has 0 aliphatic heterocycles. The molecule has 0 radical (unpaired) electrons. The lowest BCUT2D eigenvalue weighted by molar-refractivity contribution is -0.112. The molecule has 0 aromatic heterocycles. The van der Waals surface area contributed by atoms with Crippen molar-refractivity contribution in [1.29, 1.82) is 0 Å². The molecule has 1 aromatic carbocycles. The second-order valence-corrected chi connectivity index (χ2v) is 11.3. The third-order valence-corrected chi connectivity index (χ3v) is 7.79. The molecule has 0 saturated heterocycles. The number of halogens is 2. The van der Waals surface area contributed by atoms with E-state index in [1.807, 2.05) is 24.3 Å². The maximum Gasteiger partial charge on any atom is 0.251 e. The molecule has 3 rings (SSSR count). The van der Waals surface area contributed by atoms with E-state index in [2.05, 4.69) is 56.6 Å². The van der Waals surface area contributed by atoms with Crippen molar-refractivity contribution < 1.29 is 13.6 Å². The van der Waals surface area contributed by atoms with Gasteiger partial charge in [-0.15, -0.1) is 0 Å². The molecule has 0 bridgehead atoms. The fraction of sp³-hybridized carbons (Fsp3) is 0.581. The van der Waals surface area contributed by atoms with Crippen LogP contribution in [-0.4, -0.2) is 24.4 Å². The van der Waals surface area contributed by atoms with Gasteiger partial charge in [0.25, 0.3) is 5.91 Å². The normalized spacial score (nSPS) is 25.0. The molecule has 2 aliphatic rings. The molecule has 2 aliphatic carbocycles. The Morgan fingerprint density at radius 3 is 2.33 bits per heavy atom. The lowest BCUT2D eigenvalue weighted by atomic mass is 9.78.